The van der Waals surface area contributed by atoms with Crippen LogP contribution in [0.15, 0.2) is 64.3 Å². The zero-order valence-electron chi connectivity index (χ0n) is 15.7. The van der Waals surface area contributed by atoms with Gasteiger partial charge in [-0.25, -0.2) is 10.4 Å². The Balaban J connectivity index is 1.72. The molecule has 0 spiro atoms. The number of ether oxygens (including phenoxy) is 2. The summed E-state index contributed by atoms with van der Waals surface area (Å²) in [5, 5.41) is 4.70. The standard InChI is InChI=1S/C21H16BrCl2N3O3/c1-29-18-10-13(11-26-27-21(28)15-6-4-8-25-20(15)24)9-16(22)19(18)30-12-14-5-2-3-7-17(14)23/h2-11H,12H2,1H3,(H,27,28)/b26-11+. The lowest BCUT2D eigenvalue weighted by Gasteiger charge is -2.14. The van der Waals surface area contributed by atoms with E-state index in [1.165, 1.54) is 19.5 Å². The highest BCUT2D eigenvalue weighted by atomic mass is 79.9. The van der Waals surface area contributed by atoms with Gasteiger partial charge in [-0.05, 0) is 51.8 Å². The number of nitrogens with zero attached hydrogens (tertiary/aromatic N) is 2. The van der Waals surface area contributed by atoms with Crippen molar-refractivity contribution in [2.45, 2.75) is 6.61 Å². The van der Waals surface area contributed by atoms with Crippen molar-refractivity contribution < 1.29 is 14.3 Å². The number of nitrogens with one attached hydrogen (secondary N) is 1. The Morgan fingerprint density at radius 2 is 2.03 bits per heavy atom. The molecule has 3 rings (SSSR count). The van der Waals surface area contributed by atoms with E-state index in [-0.39, 0.29) is 17.3 Å². The van der Waals surface area contributed by atoms with E-state index in [1.807, 2.05) is 18.2 Å². The fourth-order valence-electron chi connectivity index (χ4n) is 2.50. The van der Waals surface area contributed by atoms with Gasteiger partial charge in [0.25, 0.3) is 5.91 Å². The van der Waals surface area contributed by atoms with Crippen LogP contribution in [0.2, 0.25) is 10.2 Å². The van der Waals surface area contributed by atoms with Crippen molar-refractivity contribution in [2.24, 2.45) is 5.10 Å². The number of amides is 1. The van der Waals surface area contributed by atoms with Gasteiger partial charge in [-0.15, -0.1) is 0 Å². The third-order valence-corrected chi connectivity index (χ3v) is 5.22. The molecule has 154 valence electrons. The van der Waals surface area contributed by atoms with Gasteiger partial charge in [0.1, 0.15) is 11.8 Å². The molecule has 0 saturated carbocycles. The molecule has 1 amide bonds. The lowest BCUT2D eigenvalue weighted by atomic mass is 10.2. The van der Waals surface area contributed by atoms with Crippen LogP contribution in [0.3, 0.4) is 0 Å². The summed E-state index contributed by atoms with van der Waals surface area (Å²) in [6, 6.07) is 14.1. The zero-order valence-corrected chi connectivity index (χ0v) is 18.8. The monoisotopic (exact) mass is 507 g/mol. The lowest BCUT2D eigenvalue weighted by Crippen LogP contribution is -2.18. The minimum atomic E-state index is -0.463. The number of pyridine rings is 1. The summed E-state index contributed by atoms with van der Waals surface area (Å²) >= 11 is 15.6. The van der Waals surface area contributed by atoms with Crippen molar-refractivity contribution in [3.63, 3.8) is 0 Å². The summed E-state index contributed by atoms with van der Waals surface area (Å²) in [5.74, 6) is 0.565. The van der Waals surface area contributed by atoms with Gasteiger partial charge in [0.15, 0.2) is 11.5 Å². The molecule has 0 bridgehead atoms. The van der Waals surface area contributed by atoms with Crippen LogP contribution in [0, 0.1) is 0 Å². The SMILES string of the molecule is COc1cc(/C=N/NC(=O)c2cccnc2Cl)cc(Br)c1OCc1ccccc1Cl. The Morgan fingerprint density at radius 3 is 2.77 bits per heavy atom. The largest absolute Gasteiger partial charge is 0.493 e. The van der Waals surface area contributed by atoms with E-state index in [1.54, 1.807) is 30.3 Å². The molecule has 0 fully saturated rings. The van der Waals surface area contributed by atoms with Gasteiger partial charge in [0, 0.05) is 16.8 Å². The van der Waals surface area contributed by atoms with Crippen molar-refractivity contribution in [1.82, 2.24) is 10.4 Å². The van der Waals surface area contributed by atoms with Gasteiger partial charge in [-0.2, -0.15) is 5.10 Å². The maximum absolute atomic E-state index is 12.1. The summed E-state index contributed by atoms with van der Waals surface area (Å²) in [4.78, 5) is 16.0. The quantitative estimate of drug-likeness (QED) is 0.260. The molecule has 2 aromatic carbocycles. The summed E-state index contributed by atoms with van der Waals surface area (Å²) in [6.07, 6.45) is 2.98. The van der Waals surface area contributed by atoms with E-state index in [0.717, 1.165) is 5.56 Å². The molecule has 1 heterocycles. The molecule has 6 nitrogen and oxygen atoms in total. The number of benzene rings is 2. The minimum absolute atomic E-state index is 0.106. The molecule has 0 aliphatic carbocycles. The summed E-state index contributed by atoms with van der Waals surface area (Å²) in [5.41, 5.74) is 4.19. The third-order valence-electron chi connectivity index (χ3n) is 3.97. The predicted octanol–water partition coefficient (Wildman–Crippen LogP) is 5.50. The van der Waals surface area contributed by atoms with Gasteiger partial charge in [0.05, 0.1) is 23.4 Å². The number of rotatable bonds is 7. The average Bonchev–Trinajstić information content (AvgIpc) is 2.74. The van der Waals surface area contributed by atoms with Crippen molar-refractivity contribution in [3.8, 4) is 11.5 Å². The Labute approximate surface area is 192 Å². The number of hydrogen-bond donors (Lipinski definition) is 1. The van der Waals surface area contributed by atoms with E-state index in [4.69, 9.17) is 32.7 Å². The second kappa shape index (κ2) is 10.4. The molecule has 30 heavy (non-hydrogen) atoms. The number of hydrogen-bond acceptors (Lipinski definition) is 5. The number of aromatic nitrogens is 1. The molecular weight excluding hydrogens is 493 g/mol. The van der Waals surface area contributed by atoms with E-state index >= 15 is 0 Å². The fourth-order valence-corrected chi connectivity index (χ4v) is 3.47. The van der Waals surface area contributed by atoms with Crippen molar-refractivity contribution in [1.29, 1.82) is 0 Å². The van der Waals surface area contributed by atoms with Gasteiger partial charge >= 0.3 is 0 Å². The second-order valence-corrected chi connectivity index (χ2v) is 7.57. The summed E-state index contributed by atoms with van der Waals surface area (Å²) < 4.78 is 12.0. The Bertz CT molecular complexity index is 1090. The number of halogens is 3. The van der Waals surface area contributed by atoms with Crippen LogP contribution in [-0.4, -0.2) is 24.2 Å². The highest BCUT2D eigenvalue weighted by molar-refractivity contribution is 9.10. The topological polar surface area (TPSA) is 72.8 Å². The van der Waals surface area contributed by atoms with Crippen LogP contribution >= 0.6 is 39.1 Å². The number of carbonyl (C=O) groups excluding carboxylic acids is 1. The van der Waals surface area contributed by atoms with Gasteiger partial charge < -0.3 is 9.47 Å². The van der Waals surface area contributed by atoms with Gasteiger partial charge in [-0.3, -0.25) is 4.79 Å². The molecule has 0 aliphatic rings. The van der Waals surface area contributed by atoms with Crippen molar-refractivity contribution in [2.75, 3.05) is 7.11 Å². The smallest absolute Gasteiger partial charge is 0.274 e. The third kappa shape index (κ3) is 5.50. The van der Waals surface area contributed by atoms with E-state index in [2.05, 4.69) is 31.4 Å². The number of methoxy groups -OCH3 is 1. The van der Waals surface area contributed by atoms with Crippen molar-refractivity contribution >= 4 is 51.3 Å². The summed E-state index contributed by atoms with van der Waals surface area (Å²) in [6.45, 7) is 0.282. The van der Waals surface area contributed by atoms with Gasteiger partial charge in [0.2, 0.25) is 0 Å². The minimum Gasteiger partial charge on any atom is -0.493 e. The van der Waals surface area contributed by atoms with Gasteiger partial charge in [-0.1, -0.05) is 41.4 Å². The number of carbonyl (C=O) groups is 1. The van der Waals surface area contributed by atoms with Crippen LogP contribution in [0.25, 0.3) is 0 Å². The normalized spacial score (nSPS) is 10.8. The molecule has 0 saturated heterocycles. The number of hydrazone groups is 1. The van der Waals surface area contributed by atoms with Crippen LogP contribution in [0.1, 0.15) is 21.5 Å². The maximum Gasteiger partial charge on any atom is 0.274 e. The lowest BCUT2D eigenvalue weighted by molar-refractivity contribution is 0.0955. The Hall–Kier alpha value is -2.61. The molecule has 0 unspecified atom stereocenters. The first-order valence-corrected chi connectivity index (χ1v) is 10.2. The zero-order chi connectivity index (χ0) is 21.5. The first-order valence-electron chi connectivity index (χ1n) is 8.67. The highest BCUT2D eigenvalue weighted by Gasteiger charge is 2.13. The van der Waals surface area contributed by atoms with Crippen LogP contribution in [0.5, 0.6) is 11.5 Å². The van der Waals surface area contributed by atoms with Crippen LogP contribution < -0.4 is 14.9 Å². The van der Waals surface area contributed by atoms with E-state index < -0.39 is 5.91 Å². The first-order chi connectivity index (χ1) is 14.5. The maximum atomic E-state index is 12.1. The highest BCUT2D eigenvalue weighted by Crippen LogP contribution is 2.37. The molecule has 1 aromatic heterocycles. The van der Waals surface area contributed by atoms with Crippen LogP contribution in [-0.2, 0) is 6.61 Å². The second-order valence-electron chi connectivity index (χ2n) is 5.96. The Kier molecular flexibility index (Phi) is 7.68. The Morgan fingerprint density at radius 1 is 1.23 bits per heavy atom. The fraction of sp³-hybridized carbons (Fsp3) is 0.0952. The molecule has 0 radical (unpaired) electrons. The average molecular weight is 509 g/mol. The van der Waals surface area contributed by atoms with E-state index in [0.29, 0.717) is 26.6 Å². The molecule has 0 atom stereocenters. The predicted molar refractivity (Wildman–Crippen MR) is 121 cm³/mol. The van der Waals surface area contributed by atoms with Crippen molar-refractivity contribution in [3.05, 3.63) is 86.1 Å². The van der Waals surface area contributed by atoms with E-state index in [9.17, 15) is 4.79 Å². The molecule has 1 N–H and O–H groups in total. The molecular formula is C21H16BrCl2N3O3. The van der Waals surface area contributed by atoms with Crippen LogP contribution in [0.4, 0.5) is 0 Å². The molecule has 3 aromatic rings. The molecule has 9 heteroatoms. The summed E-state index contributed by atoms with van der Waals surface area (Å²) in [7, 11) is 1.54. The first kappa shape index (κ1) is 22.1. The molecule has 0 aliphatic heterocycles.